The summed E-state index contributed by atoms with van der Waals surface area (Å²) in [6, 6.07) is 14.3. The van der Waals surface area contributed by atoms with Crippen LogP contribution in [0.5, 0.6) is 0 Å². The minimum atomic E-state index is -0.392. The lowest BCUT2D eigenvalue weighted by molar-refractivity contribution is -0.116. The van der Waals surface area contributed by atoms with E-state index in [9.17, 15) is 14.4 Å². The van der Waals surface area contributed by atoms with Gasteiger partial charge in [0.15, 0.2) is 5.78 Å². The third-order valence-electron chi connectivity index (χ3n) is 4.12. The van der Waals surface area contributed by atoms with Gasteiger partial charge in [0.05, 0.1) is 0 Å². The molecule has 0 aliphatic heterocycles. The number of likely N-dealkylation sites (N-methyl/N-ethyl adjacent to an activating group) is 1. The molecule has 0 fully saturated rings. The smallest absolute Gasteiger partial charge is 0.254 e. The van der Waals surface area contributed by atoms with Gasteiger partial charge in [-0.2, -0.15) is 0 Å². The van der Waals surface area contributed by atoms with Gasteiger partial charge in [0.2, 0.25) is 5.91 Å². The van der Waals surface area contributed by atoms with E-state index in [1.807, 2.05) is 38.1 Å². The van der Waals surface area contributed by atoms with Gasteiger partial charge in [-0.3, -0.25) is 14.4 Å². The first-order chi connectivity index (χ1) is 12.8. The number of anilines is 2. The van der Waals surface area contributed by atoms with Gasteiger partial charge in [-0.1, -0.05) is 12.1 Å². The van der Waals surface area contributed by atoms with E-state index in [1.54, 1.807) is 36.1 Å². The van der Waals surface area contributed by atoms with Crippen LogP contribution in [0.1, 0.15) is 36.7 Å². The summed E-state index contributed by atoms with van der Waals surface area (Å²) in [5.74, 6) is -0.646. The van der Waals surface area contributed by atoms with Crippen LogP contribution in [0.3, 0.4) is 0 Å². The van der Waals surface area contributed by atoms with E-state index < -0.39 is 5.91 Å². The number of carbonyl (C=O) groups excluding carboxylic acids is 3. The zero-order valence-electron chi connectivity index (χ0n) is 16.1. The van der Waals surface area contributed by atoms with Crippen LogP contribution in [0.4, 0.5) is 11.4 Å². The van der Waals surface area contributed by atoms with E-state index in [4.69, 9.17) is 0 Å². The van der Waals surface area contributed by atoms with E-state index in [-0.39, 0.29) is 11.7 Å². The van der Waals surface area contributed by atoms with Gasteiger partial charge in [-0.25, -0.2) is 0 Å². The van der Waals surface area contributed by atoms with Crippen molar-refractivity contribution in [3.05, 3.63) is 71.3 Å². The first-order valence-corrected chi connectivity index (χ1v) is 8.80. The second kappa shape index (κ2) is 8.94. The van der Waals surface area contributed by atoms with E-state index in [0.717, 1.165) is 11.3 Å². The molecule has 5 nitrogen and oxygen atoms in total. The molecule has 0 saturated carbocycles. The predicted octanol–water partition coefficient (Wildman–Crippen LogP) is 4.14. The predicted molar refractivity (Wildman–Crippen MR) is 108 cm³/mol. The summed E-state index contributed by atoms with van der Waals surface area (Å²) in [4.78, 5) is 37.9. The lowest BCUT2D eigenvalue weighted by Crippen LogP contribution is -2.31. The molecular weight excluding hydrogens is 340 g/mol. The minimum Gasteiger partial charge on any atom is -0.323 e. The van der Waals surface area contributed by atoms with Crippen LogP contribution in [0, 0.1) is 6.92 Å². The average molecular weight is 364 g/mol. The molecule has 2 aromatic carbocycles. The fraction of sp³-hybridized carbons (Fsp3) is 0.227. The summed E-state index contributed by atoms with van der Waals surface area (Å²) in [7, 11) is 0. The molecule has 0 unspecified atom stereocenters. The Morgan fingerprint density at radius 1 is 1.04 bits per heavy atom. The molecule has 27 heavy (non-hydrogen) atoms. The van der Waals surface area contributed by atoms with Crippen LogP contribution in [-0.2, 0) is 9.59 Å². The molecule has 5 heteroatoms. The maximum Gasteiger partial charge on any atom is 0.254 e. The maximum atomic E-state index is 12.7. The lowest BCUT2D eigenvalue weighted by atomic mass is 10.1. The van der Waals surface area contributed by atoms with Crippen molar-refractivity contribution in [3.8, 4) is 0 Å². The van der Waals surface area contributed by atoms with E-state index >= 15 is 0 Å². The number of benzene rings is 2. The number of carbonyl (C=O) groups is 3. The highest BCUT2D eigenvalue weighted by Crippen LogP contribution is 2.18. The summed E-state index contributed by atoms with van der Waals surface area (Å²) >= 11 is 0. The molecule has 2 amide bonds. The van der Waals surface area contributed by atoms with Gasteiger partial charge in [-0.15, -0.1) is 0 Å². The van der Waals surface area contributed by atoms with Crippen LogP contribution < -0.4 is 10.2 Å². The number of hydrogen-bond acceptors (Lipinski definition) is 3. The first kappa shape index (κ1) is 20.1. The van der Waals surface area contributed by atoms with Gasteiger partial charge in [0.25, 0.3) is 5.91 Å². The zero-order chi connectivity index (χ0) is 20.0. The van der Waals surface area contributed by atoms with Gasteiger partial charge in [-0.05, 0) is 69.7 Å². The molecule has 2 aromatic rings. The molecule has 0 aliphatic carbocycles. The van der Waals surface area contributed by atoms with Crippen molar-refractivity contribution in [1.82, 2.24) is 0 Å². The van der Waals surface area contributed by atoms with Crippen LogP contribution in [0.15, 0.2) is 60.2 Å². The molecule has 0 atom stereocenters. The molecule has 0 heterocycles. The summed E-state index contributed by atoms with van der Waals surface area (Å²) in [5, 5.41) is 2.70. The summed E-state index contributed by atoms with van der Waals surface area (Å²) in [6.45, 7) is 7.47. The first-order valence-electron chi connectivity index (χ1n) is 8.80. The standard InChI is InChI=1S/C22H24N2O3/c1-5-24(20-8-6-7-15(2)13-20)22(27)16(3)14-21(26)23-19-11-9-18(10-12-19)17(4)25/h6-14H,5H2,1-4H3,(H,23,26)/b16-14-. The fourth-order valence-electron chi connectivity index (χ4n) is 2.68. The van der Waals surface area contributed by atoms with E-state index in [0.29, 0.717) is 23.4 Å². The Balaban J connectivity index is 2.10. The number of Topliss-reactive ketones (excluding diaryl/α,β-unsaturated/α-hetero) is 1. The summed E-state index contributed by atoms with van der Waals surface area (Å²) in [5.41, 5.74) is 3.35. The van der Waals surface area contributed by atoms with Crippen molar-refractivity contribution >= 4 is 29.0 Å². The number of nitrogens with one attached hydrogen (secondary N) is 1. The highest BCUT2D eigenvalue weighted by molar-refractivity contribution is 6.11. The van der Waals surface area contributed by atoms with Crippen molar-refractivity contribution in [1.29, 1.82) is 0 Å². The molecule has 0 aliphatic rings. The number of aryl methyl sites for hydroxylation is 1. The average Bonchev–Trinajstić information content (AvgIpc) is 2.62. The fourth-order valence-corrected chi connectivity index (χ4v) is 2.68. The molecule has 1 N–H and O–H groups in total. The SMILES string of the molecule is CCN(C(=O)/C(C)=C\C(=O)Nc1ccc(C(C)=O)cc1)c1cccc(C)c1. The minimum absolute atomic E-state index is 0.0370. The second-order valence-corrected chi connectivity index (χ2v) is 6.34. The van der Waals surface area contributed by atoms with Crippen molar-refractivity contribution in [2.75, 3.05) is 16.8 Å². The van der Waals surface area contributed by atoms with Gasteiger partial charge in [0.1, 0.15) is 0 Å². The number of hydrogen-bond donors (Lipinski definition) is 1. The van der Waals surface area contributed by atoms with Crippen LogP contribution in [0.25, 0.3) is 0 Å². The molecule has 0 radical (unpaired) electrons. The van der Waals surface area contributed by atoms with Gasteiger partial charge >= 0.3 is 0 Å². The van der Waals surface area contributed by atoms with Crippen LogP contribution in [0.2, 0.25) is 0 Å². The second-order valence-electron chi connectivity index (χ2n) is 6.34. The normalized spacial score (nSPS) is 11.0. The van der Waals surface area contributed by atoms with Gasteiger partial charge in [0, 0.05) is 35.1 Å². The summed E-state index contributed by atoms with van der Waals surface area (Å²) < 4.78 is 0. The Hall–Kier alpha value is -3.21. The largest absolute Gasteiger partial charge is 0.323 e. The topological polar surface area (TPSA) is 66.5 Å². The monoisotopic (exact) mass is 364 g/mol. The molecule has 2 rings (SSSR count). The Bertz CT molecular complexity index is 883. The summed E-state index contributed by atoms with van der Waals surface area (Å²) in [6.07, 6.45) is 1.29. The number of amides is 2. The van der Waals surface area contributed by atoms with E-state index in [1.165, 1.54) is 13.0 Å². The van der Waals surface area contributed by atoms with Crippen LogP contribution in [-0.4, -0.2) is 24.1 Å². The highest BCUT2D eigenvalue weighted by atomic mass is 16.2. The Morgan fingerprint density at radius 3 is 2.26 bits per heavy atom. The zero-order valence-corrected chi connectivity index (χ0v) is 16.1. The van der Waals surface area contributed by atoms with E-state index in [2.05, 4.69) is 5.32 Å². The Kier molecular flexibility index (Phi) is 6.66. The number of nitrogens with zero attached hydrogens (tertiary/aromatic N) is 1. The molecule has 140 valence electrons. The Labute approximate surface area is 159 Å². The third-order valence-corrected chi connectivity index (χ3v) is 4.12. The maximum absolute atomic E-state index is 12.7. The molecule has 0 aromatic heterocycles. The van der Waals surface area contributed by atoms with Crippen molar-refractivity contribution < 1.29 is 14.4 Å². The number of rotatable bonds is 6. The quantitative estimate of drug-likeness (QED) is 0.619. The Morgan fingerprint density at radius 2 is 1.70 bits per heavy atom. The molecule has 0 spiro atoms. The molecular formula is C22H24N2O3. The van der Waals surface area contributed by atoms with Crippen molar-refractivity contribution in [3.63, 3.8) is 0 Å². The van der Waals surface area contributed by atoms with Crippen molar-refractivity contribution in [2.45, 2.75) is 27.7 Å². The molecule has 0 bridgehead atoms. The van der Waals surface area contributed by atoms with Crippen molar-refractivity contribution in [2.24, 2.45) is 0 Å². The lowest BCUT2D eigenvalue weighted by Gasteiger charge is -2.21. The molecule has 0 saturated heterocycles. The number of ketones is 1. The van der Waals surface area contributed by atoms with Gasteiger partial charge < -0.3 is 10.2 Å². The third kappa shape index (κ3) is 5.38. The van der Waals surface area contributed by atoms with Crippen LogP contribution >= 0.6 is 0 Å². The highest BCUT2D eigenvalue weighted by Gasteiger charge is 2.16.